The quantitative estimate of drug-likeness (QED) is 0.855. The third-order valence-corrected chi connectivity index (χ3v) is 2.74. The Kier molecular flexibility index (Phi) is 2.61. The van der Waals surface area contributed by atoms with Crippen LogP contribution in [0.4, 0.5) is 8.78 Å². The smallest absolute Gasteiger partial charge is 0.261 e. The summed E-state index contributed by atoms with van der Waals surface area (Å²) in [5.74, 6) is -0.481. The molecule has 16 heavy (non-hydrogen) atoms. The summed E-state index contributed by atoms with van der Waals surface area (Å²) in [7, 11) is 0. The van der Waals surface area contributed by atoms with E-state index in [1.165, 1.54) is 6.20 Å². The van der Waals surface area contributed by atoms with Crippen LogP contribution in [-0.4, -0.2) is 22.9 Å². The molecule has 0 aliphatic heterocycles. The summed E-state index contributed by atoms with van der Waals surface area (Å²) >= 11 is 0. The molecule has 0 atom stereocenters. The maximum atomic E-state index is 12.6. The molecule has 1 aliphatic carbocycles. The van der Waals surface area contributed by atoms with Crippen LogP contribution in [0.2, 0.25) is 0 Å². The van der Waals surface area contributed by atoms with Crippen LogP contribution in [0.3, 0.4) is 0 Å². The van der Waals surface area contributed by atoms with Crippen LogP contribution in [0.5, 0.6) is 0 Å². The Morgan fingerprint density at radius 3 is 2.62 bits per heavy atom. The fraction of sp³-hybridized carbons (Fsp3) is 0.455. The number of halogens is 2. The molecule has 0 saturated heterocycles. The molecule has 86 valence electrons. The minimum atomic E-state index is -2.50. The van der Waals surface area contributed by atoms with Gasteiger partial charge in [0.1, 0.15) is 5.54 Å². The Balaban J connectivity index is 2.06. The minimum absolute atomic E-state index is 0.317. The fourth-order valence-electron chi connectivity index (χ4n) is 1.43. The summed E-state index contributed by atoms with van der Waals surface area (Å²) in [6.45, 7) is 1.79. The first kappa shape index (κ1) is 11.0. The molecule has 2 rings (SSSR count). The number of nitrogens with zero attached hydrogens (tertiary/aromatic N) is 1. The highest BCUT2D eigenvalue weighted by atomic mass is 19.3. The second-order valence-electron chi connectivity index (χ2n) is 4.10. The largest absolute Gasteiger partial charge is 0.341 e. The van der Waals surface area contributed by atoms with Gasteiger partial charge in [0.2, 0.25) is 0 Å². The van der Waals surface area contributed by atoms with Gasteiger partial charge in [-0.05, 0) is 31.9 Å². The molecule has 5 heteroatoms. The maximum absolute atomic E-state index is 12.6. The maximum Gasteiger partial charge on any atom is 0.261 e. The van der Waals surface area contributed by atoms with Crippen molar-refractivity contribution in [2.75, 3.05) is 0 Å². The van der Waals surface area contributed by atoms with Crippen molar-refractivity contribution in [2.45, 2.75) is 31.7 Å². The molecule has 1 aromatic heterocycles. The number of nitrogens with one attached hydrogen (secondary N) is 1. The Morgan fingerprint density at radius 2 is 2.19 bits per heavy atom. The van der Waals surface area contributed by atoms with Crippen LogP contribution in [0.15, 0.2) is 18.3 Å². The van der Waals surface area contributed by atoms with Crippen molar-refractivity contribution in [3.63, 3.8) is 0 Å². The lowest BCUT2D eigenvalue weighted by Crippen LogP contribution is -2.42. The summed E-state index contributed by atoms with van der Waals surface area (Å²) in [6, 6.07) is 3.26. The van der Waals surface area contributed by atoms with E-state index in [9.17, 15) is 13.6 Å². The third-order valence-electron chi connectivity index (χ3n) is 2.74. The summed E-state index contributed by atoms with van der Waals surface area (Å²) in [6.07, 6.45) is -0.424. The normalized spacial score (nSPS) is 17.2. The van der Waals surface area contributed by atoms with Gasteiger partial charge in [-0.3, -0.25) is 9.78 Å². The summed E-state index contributed by atoms with van der Waals surface area (Å²) in [5, 5.41) is 2.37. The van der Waals surface area contributed by atoms with Crippen LogP contribution >= 0.6 is 0 Å². The van der Waals surface area contributed by atoms with Gasteiger partial charge in [-0.25, -0.2) is 8.78 Å². The molecular formula is C11H12F2N2O. The molecule has 0 unspecified atom stereocenters. The highest BCUT2D eigenvalue weighted by Gasteiger charge is 2.52. The van der Waals surface area contributed by atoms with Gasteiger partial charge in [0, 0.05) is 11.9 Å². The topological polar surface area (TPSA) is 42.0 Å². The number of aromatic nitrogens is 1. The van der Waals surface area contributed by atoms with Crippen molar-refractivity contribution in [1.82, 2.24) is 10.3 Å². The molecule has 0 spiro atoms. The molecule has 1 aromatic rings. The van der Waals surface area contributed by atoms with Crippen molar-refractivity contribution in [3.8, 4) is 0 Å². The van der Waals surface area contributed by atoms with Crippen molar-refractivity contribution in [1.29, 1.82) is 0 Å². The molecule has 1 N–H and O–H groups in total. The zero-order valence-corrected chi connectivity index (χ0v) is 8.84. The monoisotopic (exact) mass is 226 g/mol. The van der Waals surface area contributed by atoms with Gasteiger partial charge < -0.3 is 5.32 Å². The predicted molar refractivity (Wildman–Crippen MR) is 54.4 cm³/mol. The second kappa shape index (κ2) is 3.81. The molecule has 3 nitrogen and oxygen atoms in total. The van der Waals surface area contributed by atoms with Gasteiger partial charge in [0.15, 0.2) is 0 Å². The number of aryl methyl sites for hydroxylation is 1. The highest BCUT2D eigenvalue weighted by molar-refractivity contribution is 5.94. The van der Waals surface area contributed by atoms with E-state index in [2.05, 4.69) is 10.3 Å². The number of hydrogen-bond donors (Lipinski definition) is 1. The predicted octanol–water partition coefficient (Wildman–Crippen LogP) is 1.92. The first-order valence-corrected chi connectivity index (χ1v) is 5.07. The SMILES string of the molecule is Cc1ccc(C(=O)NC2(C(F)F)CC2)cn1. The summed E-state index contributed by atoms with van der Waals surface area (Å²) < 4.78 is 25.2. The molecule has 1 saturated carbocycles. The van der Waals surface area contributed by atoms with Crippen LogP contribution in [-0.2, 0) is 0 Å². The van der Waals surface area contributed by atoms with E-state index in [-0.39, 0.29) is 0 Å². The second-order valence-corrected chi connectivity index (χ2v) is 4.10. The number of hydrogen-bond acceptors (Lipinski definition) is 2. The molecule has 1 heterocycles. The van der Waals surface area contributed by atoms with Crippen molar-refractivity contribution >= 4 is 5.91 Å². The van der Waals surface area contributed by atoms with Crippen molar-refractivity contribution in [3.05, 3.63) is 29.6 Å². The molecule has 1 aliphatic rings. The van der Waals surface area contributed by atoms with E-state index in [1.807, 2.05) is 0 Å². The lowest BCUT2D eigenvalue weighted by Gasteiger charge is -2.15. The number of amides is 1. The highest BCUT2D eigenvalue weighted by Crippen LogP contribution is 2.41. The van der Waals surface area contributed by atoms with Crippen molar-refractivity contribution < 1.29 is 13.6 Å². The zero-order valence-electron chi connectivity index (χ0n) is 8.84. The number of carbonyl (C=O) groups excluding carboxylic acids is 1. The van der Waals surface area contributed by atoms with Crippen LogP contribution in [0.1, 0.15) is 28.9 Å². The van der Waals surface area contributed by atoms with Crippen molar-refractivity contribution in [2.24, 2.45) is 0 Å². The van der Waals surface area contributed by atoms with Gasteiger partial charge in [-0.15, -0.1) is 0 Å². The molecule has 0 bridgehead atoms. The van der Waals surface area contributed by atoms with Gasteiger partial charge in [0.05, 0.1) is 5.56 Å². The Labute approximate surface area is 91.9 Å². The van der Waals surface area contributed by atoms with Gasteiger partial charge >= 0.3 is 0 Å². The van der Waals surface area contributed by atoms with Crippen LogP contribution in [0.25, 0.3) is 0 Å². The van der Waals surface area contributed by atoms with Gasteiger partial charge in [-0.2, -0.15) is 0 Å². The Morgan fingerprint density at radius 1 is 1.50 bits per heavy atom. The molecular weight excluding hydrogens is 214 g/mol. The van der Waals surface area contributed by atoms with Gasteiger partial charge in [-0.1, -0.05) is 0 Å². The molecule has 0 aromatic carbocycles. The number of carbonyl (C=O) groups is 1. The molecule has 0 radical (unpaired) electrons. The first-order valence-electron chi connectivity index (χ1n) is 5.07. The summed E-state index contributed by atoms with van der Waals surface area (Å²) in [4.78, 5) is 15.6. The number of rotatable bonds is 3. The number of pyridine rings is 1. The van der Waals surface area contributed by atoms with Crippen LogP contribution in [0, 0.1) is 6.92 Å². The van der Waals surface area contributed by atoms with E-state index in [0.29, 0.717) is 18.4 Å². The first-order chi connectivity index (χ1) is 7.53. The lowest BCUT2D eigenvalue weighted by atomic mass is 10.2. The standard InChI is InChI=1S/C11H12F2N2O/c1-7-2-3-8(6-14-7)9(16)15-11(4-5-11)10(12)13/h2-3,6,10H,4-5H2,1H3,(H,15,16). The summed E-state index contributed by atoms with van der Waals surface area (Å²) in [5.41, 5.74) is -0.189. The van der Waals surface area contributed by atoms with E-state index in [4.69, 9.17) is 0 Å². The van der Waals surface area contributed by atoms with Gasteiger partial charge in [0.25, 0.3) is 12.3 Å². The average Bonchev–Trinajstić information content (AvgIpc) is 3.00. The fourth-order valence-corrected chi connectivity index (χ4v) is 1.43. The van der Waals surface area contributed by atoms with E-state index < -0.39 is 17.9 Å². The van der Waals surface area contributed by atoms with Crippen LogP contribution < -0.4 is 5.32 Å². The third kappa shape index (κ3) is 2.03. The minimum Gasteiger partial charge on any atom is -0.341 e. The van der Waals surface area contributed by atoms with E-state index in [0.717, 1.165) is 5.69 Å². The Bertz CT molecular complexity index is 399. The zero-order chi connectivity index (χ0) is 11.8. The number of alkyl halides is 2. The van der Waals surface area contributed by atoms with E-state index in [1.54, 1.807) is 19.1 Å². The van der Waals surface area contributed by atoms with E-state index >= 15 is 0 Å². The molecule has 1 fully saturated rings. The Hall–Kier alpha value is -1.52. The average molecular weight is 226 g/mol. The lowest BCUT2D eigenvalue weighted by molar-refractivity contribution is 0.0679. The molecule has 1 amide bonds.